The Morgan fingerprint density at radius 2 is 1.97 bits per heavy atom. The molecule has 0 radical (unpaired) electrons. The van der Waals surface area contributed by atoms with E-state index in [4.69, 9.17) is 11.6 Å². The first-order chi connectivity index (χ1) is 15.0. The maximum absolute atomic E-state index is 13.2. The molecule has 2 aromatic carbocycles. The lowest BCUT2D eigenvalue weighted by Gasteiger charge is -2.17. The van der Waals surface area contributed by atoms with Crippen LogP contribution in [0.2, 0.25) is 5.02 Å². The summed E-state index contributed by atoms with van der Waals surface area (Å²) in [5, 5.41) is 19.4. The molecule has 0 bridgehead atoms. The summed E-state index contributed by atoms with van der Waals surface area (Å²) in [6.45, 7) is 1.97. The van der Waals surface area contributed by atoms with Crippen molar-refractivity contribution in [1.82, 2.24) is 14.8 Å². The highest BCUT2D eigenvalue weighted by Gasteiger charge is 2.22. The van der Waals surface area contributed by atoms with E-state index in [1.165, 1.54) is 0 Å². The van der Waals surface area contributed by atoms with E-state index in [1.807, 2.05) is 30.3 Å². The minimum atomic E-state index is -1.21. The number of fused-ring (bicyclic) bond motifs is 1. The number of nitrogens with zero attached hydrogens (tertiary/aromatic N) is 3. The van der Waals surface area contributed by atoms with E-state index in [1.54, 1.807) is 37.5 Å². The molecule has 31 heavy (non-hydrogen) atoms. The summed E-state index contributed by atoms with van der Waals surface area (Å²) in [4.78, 5) is 29.5. The van der Waals surface area contributed by atoms with Gasteiger partial charge in [0, 0.05) is 40.5 Å². The molecule has 0 saturated heterocycles. The predicted molar refractivity (Wildman–Crippen MR) is 120 cm³/mol. The van der Waals surface area contributed by atoms with Crippen molar-refractivity contribution >= 4 is 39.7 Å². The van der Waals surface area contributed by atoms with Gasteiger partial charge in [0.2, 0.25) is 0 Å². The standard InChI is InChI=1S/C23H19ClN4O3/c1-2-28-22(29)20(26-19-13-25-12-15-7-3-4-9-17(15)19)18(21(27-28)23(30)31)11-14-6-5-8-16(24)10-14/h3-10,12-13,26H,2,11H2,1H3,(H,30,31). The van der Waals surface area contributed by atoms with Crippen molar-refractivity contribution in [3.8, 4) is 0 Å². The van der Waals surface area contributed by atoms with Gasteiger partial charge in [0.15, 0.2) is 5.69 Å². The Bertz CT molecular complexity index is 1350. The second kappa shape index (κ2) is 8.57. The number of carboxylic acid groups (broad SMARTS) is 1. The number of hydrogen-bond donors (Lipinski definition) is 2. The van der Waals surface area contributed by atoms with Crippen molar-refractivity contribution in [2.45, 2.75) is 19.9 Å². The molecule has 0 aliphatic rings. The number of nitrogens with one attached hydrogen (secondary N) is 1. The quantitative estimate of drug-likeness (QED) is 0.464. The topological polar surface area (TPSA) is 97.1 Å². The van der Waals surface area contributed by atoms with Crippen LogP contribution >= 0.6 is 11.6 Å². The molecule has 0 saturated carbocycles. The summed E-state index contributed by atoms with van der Waals surface area (Å²) < 4.78 is 1.14. The number of aromatic nitrogens is 3. The minimum absolute atomic E-state index is 0.160. The van der Waals surface area contributed by atoms with Crippen molar-refractivity contribution in [1.29, 1.82) is 0 Å². The number of hydrogen-bond acceptors (Lipinski definition) is 5. The molecule has 0 spiro atoms. The highest BCUT2D eigenvalue weighted by molar-refractivity contribution is 6.30. The Balaban J connectivity index is 1.93. The summed E-state index contributed by atoms with van der Waals surface area (Å²) in [6, 6.07) is 14.7. The van der Waals surface area contributed by atoms with E-state index in [9.17, 15) is 14.7 Å². The summed E-state index contributed by atoms with van der Waals surface area (Å²) >= 11 is 6.11. The lowest BCUT2D eigenvalue weighted by molar-refractivity contribution is 0.0686. The average molecular weight is 435 g/mol. The van der Waals surface area contributed by atoms with Crippen molar-refractivity contribution in [3.05, 3.63) is 93.1 Å². The predicted octanol–water partition coefficient (Wildman–Crippen LogP) is 4.50. The Kier molecular flexibility index (Phi) is 5.68. The summed E-state index contributed by atoms with van der Waals surface area (Å²) in [7, 11) is 0. The molecule has 2 N–H and O–H groups in total. The molecular formula is C23H19ClN4O3. The Hall–Kier alpha value is -3.71. The Morgan fingerprint density at radius 3 is 2.71 bits per heavy atom. The molecule has 7 nitrogen and oxygen atoms in total. The van der Waals surface area contributed by atoms with E-state index in [0.717, 1.165) is 21.0 Å². The Morgan fingerprint density at radius 1 is 1.16 bits per heavy atom. The lowest BCUT2D eigenvalue weighted by Crippen LogP contribution is -2.29. The molecule has 0 unspecified atom stereocenters. The van der Waals surface area contributed by atoms with Crippen LogP contribution in [0.3, 0.4) is 0 Å². The number of rotatable bonds is 6. The van der Waals surface area contributed by atoms with Crippen LogP contribution in [0.5, 0.6) is 0 Å². The van der Waals surface area contributed by atoms with Gasteiger partial charge < -0.3 is 10.4 Å². The van der Waals surface area contributed by atoms with Crippen molar-refractivity contribution < 1.29 is 9.90 Å². The molecular weight excluding hydrogens is 416 g/mol. The van der Waals surface area contributed by atoms with Gasteiger partial charge in [-0.2, -0.15) is 5.10 Å². The number of aromatic carboxylic acids is 1. The third kappa shape index (κ3) is 4.13. The molecule has 2 aromatic heterocycles. The summed E-state index contributed by atoms with van der Waals surface area (Å²) in [5.74, 6) is -1.21. The van der Waals surface area contributed by atoms with Crippen LogP contribution in [0.4, 0.5) is 11.4 Å². The first-order valence-electron chi connectivity index (χ1n) is 9.69. The fourth-order valence-corrected chi connectivity index (χ4v) is 3.70. The zero-order valence-electron chi connectivity index (χ0n) is 16.7. The molecule has 4 aromatic rings. The van der Waals surface area contributed by atoms with E-state index in [-0.39, 0.29) is 29.9 Å². The maximum atomic E-state index is 13.2. The number of carboxylic acids is 1. The first-order valence-corrected chi connectivity index (χ1v) is 10.1. The molecule has 2 heterocycles. The molecule has 0 aliphatic heterocycles. The molecule has 4 rings (SSSR count). The minimum Gasteiger partial charge on any atom is -0.476 e. The van der Waals surface area contributed by atoms with Crippen LogP contribution in [0.1, 0.15) is 28.5 Å². The molecule has 0 fully saturated rings. The van der Waals surface area contributed by atoms with Gasteiger partial charge >= 0.3 is 5.97 Å². The smallest absolute Gasteiger partial charge is 0.356 e. The molecule has 0 amide bonds. The lowest BCUT2D eigenvalue weighted by atomic mass is 10.0. The maximum Gasteiger partial charge on any atom is 0.356 e. The van der Waals surface area contributed by atoms with Gasteiger partial charge in [0.05, 0.1) is 11.9 Å². The highest BCUT2D eigenvalue weighted by atomic mass is 35.5. The second-order valence-corrected chi connectivity index (χ2v) is 7.40. The van der Waals surface area contributed by atoms with E-state index in [0.29, 0.717) is 10.7 Å². The molecule has 0 atom stereocenters. The molecule has 156 valence electrons. The third-order valence-electron chi connectivity index (χ3n) is 4.96. The average Bonchev–Trinajstić information content (AvgIpc) is 2.76. The highest BCUT2D eigenvalue weighted by Crippen LogP contribution is 2.28. The van der Waals surface area contributed by atoms with E-state index in [2.05, 4.69) is 15.4 Å². The molecule has 0 aliphatic carbocycles. The summed E-state index contributed by atoms with van der Waals surface area (Å²) in [5.41, 5.74) is 1.23. The second-order valence-electron chi connectivity index (χ2n) is 6.97. The van der Waals surface area contributed by atoms with Gasteiger partial charge in [-0.3, -0.25) is 9.78 Å². The van der Waals surface area contributed by atoms with Gasteiger partial charge in [-0.05, 0) is 24.6 Å². The van der Waals surface area contributed by atoms with Crippen LogP contribution in [0.15, 0.2) is 65.7 Å². The van der Waals surface area contributed by atoms with Gasteiger partial charge in [-0.25, -0.2) is 9.48 Å². The van der Waals surface area contributed by atoms with E-state index >= 15 is 0 Å². The van der Waals surface area contributed by atoms with Crippen molar-refractivity contribution in [3.63, 3.8) is 0 Å². The molecule has 8 heteroatoms. The fraction of sp³-hybridized carbons (Fsp3) is 0.130. The number of pyridine rings is 1. The van der Waals surface area contributed by atoms with Crippen LogP contribution in [-0.4, -0.2) is 25.8 Å². The SMILES string of the molecule is CCn1nc(C(=O)O)c(Cc2cccc(Cl)c2)c(Nc2cncc3ccccc23)c1=O. The number of halogens is 1. The number of carbonyl (C=O) groups is 1. The van der Waals surface area contributed by atoms with Crippen molar-refractivity contribution in [2.24, 2.45) is 0 Å². The monoisotopic (exact) mass is 434 g/mol. The van der Waals surface area contributed by atoms with Crippen molar-refractivity contribution in [2.75, 3.05) is 5.32 Å². The normalized spacial score (nSPS) is 10.9. The van der Waals surface area contributed by atoms with Crippen LogP contribution in [-0.2, 0) is 13.0 Å². The number of benzene rings is 2. The van der Waals surface area contributed by atoms with Crippen LogP contribution < -0.4 is 10.9 Å². The van der Waals surface area contributed by atoms with Gasteiger partial charge in [-0.1, -0.05) is 48.0 Å². The number of aryl methyl sites for hydroxylation is 1. The zero-order valence-corrected chi connectivity index (χ0v) is 17.4. The Labute approximate surface area is 182 Å². The fourth-order valence-electron chi connectivity index (χ4n) is 3.49. The zero-order chi connectivity index (χ0) is 22.0. The van der Waals surface area contributed by atoms with Crippen LogP contribution in [0.25, 0.3) is 10.8 Å². The van der Waals surface area contributed by atoms with Crippen LogP contribution in [0, 0.1) is 0 Å². The van der Waals surface area contributed by atoms with Gasteiger partial charge in [0.1, 0.15) is 5.69 Å². The van der Waals surface area contributed by atoms with E-state index < -0.39 is 11.5 Å². The van der Waals surface area contributed by atoms with Gasteiger partial charge in [0.25, 0.3) is 5.56 Å². The number of anilines is 2. The van der Waals surface area contributed by atoms with Gasteiger partial charge in [-0.15, -0.1) is 0 Å². The summed E-state index contributed by atoms with van der Waals surface area (Å²) in [6.07, 6.45) is 3.52. The third-order valence-corrected chi connectivity index (χ3v) is 5.19. The first kappa shape index (κ1) is 20.6. The largest absolute Gasteiger partial charge is 0.476 e.